The van der Waals surface area contributed by atoms with Gasteiger partial charge in [0.15, 0.2) is 0 Å². The highest BCUT2D eigenvalue weighted by Crippen LogP contribution is 2.34. The highest BCUT2D eigenvalue weighted by molar-refractivity contribution is 5.77. The van der Waals surface area contributed by atoms with E-state index in [1.165, 1.54) is 37.1 Å². The standard InChI is InChI=1S/C18H26N2O/c1-3-14-7-10-20(13-15(14)4-2)18(21)11-17-12-19-8-5-16(17)6-9-19/h3-4,16-17H,1-2,5-13H2/t17-/m1/s1. The Hall–Kier alpha value is -1.35. The van der Waals surface area contributed by atoms with E-state index in [1.807, 2.05) is 17.1 Å². The Balaban J connectivity index is 1.60. The van der Waals surface area contributed by atoms with Crippen LogP contribution < -0.4 is 0 Å². The van der Waals surface area contributed by atoms with Crippen LogP contribution in [0.5, 0.6) is 0 Å². The summed E-state index contributed by atoms with van der Waals surface area (Å²) in [6.07, 6.45) is 8.01. The van der Waals surface area contributed by atoms with Gasteiger partial charge in [-0.15, -0.1) is 0 Å². The summed E-state index contributed by atoms with van der Waals surface area (Å²) in [6, 6.07) is 0. The smallest absolute Gasteiger partial charge is 0.223 e. The minimum Gasteiger partial charge on any atom is -0.338 e. The van der Waals surface area contributed by atoms with Gasteiger partial charge >= 0.3 is 0 Å². The van der Waals surface area contributed by atoms with Gasteiger partial charge < -0.3 is 9.80 Å². The highest BCUT2D eigenvalue weighted by Gasteiger charge is 2.36. The van der Waals surface area contributed by atoms with Crippen molar-refractivity contribution in [2.75, 3.05) is 32.7 Å². The zero-order valence-corrected chi connectivity index (χ0v) is 12.9. The lowest BCUT2D eigenvalue weighted by Gasteiger charge is -2.45. The number of nitrogens with zero attached hydrogens (tertiary/aromatic N) is 2. The molecular weight excluding hydrogens is 260 g/mol. The Kier molecular flexibility index (Phi) is 4.29. The second kappa shape index (κ2) is 6.18. The number of rotatable bonds is 4. The third-order valence-corrected chi connectivity index (χ3v) is 5.50. The minimum absolute atomic E-state index is 0.330. The van der Waals surface area contributed by atoms with E-state index < -0.39 is 0 Å². The fourth-order valence-corrected chi connectivity index (χ4v) is 4.12. The van der Waals surface area contributed by atoms with E-state index >= 15 is 0 Å². The normalized spacial score (nSPS) is 32.2. The zero-order chi connectivity index (χ0) is 14.8. The molecule has 114 valence electrons. The van der Waals surface area contributed by atoms with Gasteiger partial charge in [-0.2, -0.15) is 0 Å². The van der Waals surface area contributed by atoms with Gasteiger partial charge in [0.1, 0.15) is 0 Å². The van der Waals surface area contributed by atoms with Gasteiger partial charge in [-0.05, 0) is 55.3 Å². The van der Waals surface area contributed by atoms with Gasteiger partial charge in [0.25, 0.3) is 0 Å². The Morgan fingerprint density at radius 1 is 1.14 bits per heavy atom. The number of fused-ring (bicyclic) bond motifs is 3. The van der Waals surface area contributed by atoms with E-state index in [2.05, 4.69) is 18.1 Å². The molecule has 0 aromatic rings. The summed E-state index contributed by atoms with van der Waals surface area (Å²) in [5, 5.41) is 0. The second-order valence-electron chi connectivity index (χ2n) is 6.63. The van der Waals surface area contributed by atoms with Crippen LogP contribution in [0.1, 0.15) is 25.7 Å². The van der Waals surface area contributed by atoms with Gasteiger partial charge in [-0.25, -0.2) is 0 Å². The molecule has 1 atom stereocenters. The number of piperidine rings is 3. The number of amides is 1. The predicted molar refractivity (Wildman–Crippen MR) is 85.9 cm³/mol. The second-order valence-corrected chi connectivity index (χ2v) is 6.63. The molecule has 2 bridgehead atoms. The van der Waals surface area contributed by atoms with Gasteiger partial charge in [0.05, 0.1) is 0 Å². The summed E-state index contributed by atoms with van der Waals surface area (Å²) in [7, 11) is 0. The summed E-state index contributed by atoms with van der Waals surface area (Å²) in [6.45, 7) is 12.9. The van der Waals surface area contributed by atoms with Crippen molar-refractivity contribution in [2.24, 2.45) is 11.8 Å². The number of carbonyl (C=O) groups is 1. The first-order valence-electron chi connectivity index (χ1n) is 8.18. The molecule has 0 aliphatic carbocycles. The van der Waals surface area contributed by atoms with Crippen LogP contribution in [0.3, 0.4) is 0 Å². The first-order chi connectivity index (χ1) is 10.2. The molecule has 4 aliphatic heterocycles. The average Bonchev–Trinajstić information content (AvgIpc) is 2.55. The van der Waals surface area contributed by atoms with Crippen molar-refractivity contribution in [3.63, 3.8) is 0 Å². The molecule has 0 unspecified atom stereocenters. The lowest BCUT2D eigenvalue weighted by Crippen LogP contribution is -2.49. The first kappa shape index (κ1) is 14.6. The predicted octanol–water partition coefficient (Wildman–Crippen LogP) is 2.62. The Labute approximate surface area is 128 Å². The van der Waals surface area contributed by atoms with Gasteiger partial charge in [0, 0.05) is 26.1 Å². The van der Waals surface area contributed by atoms with Gasteiger partial charge in [0.2, 0.25) is 5.91 Å². The number of hydrogen-bond donors (Lipinski definition) is 0. The van der Waals surface area contributed by atoms with E-state index in [0.29, 0.717) is 18.4 Å². The van der Waals surface area contributed by atoms with Crippen molar-refractivity contribution < 1.29 is 4.79 Å². The van der Waals surface area contributed by atoms with E-state index in [9.17, 15) is 4.79 Å². The molecule has 1 amide bonds. The molecule has 0 N–H and O–H groups in total. The minimum atomic E-state index is 0.330. The Morgan fingerprint density at radius 3 is 2.43 bits per heavy atom. The average molecular weight is 286 g/mol. The van der Waals surface area contributed by atoms with Crippen molar-refractivity contribution in [1.29, 1.82) is 0 Å². The molecule has 3 saturated heterocycles. The van der Waals surface area contributed by atoms with Crippen LogP contribution in [0, 0.1) is 11.8 Å². The fraction of sp³-hybridized carbons (Fsp3) is 0.611. The Morgan fingerprint density at radius 2 is 1.86 bits per heavy atom. The van der Waals surface area contributed by atoms with Crippen molar-refractivity contribution >= 4 is 5.91 Å². The summed E-state index contributed by atoms with van der Waals surface area (Å²) in [4.78, 5) is 17.2. The largest absolute Gasteiger partial charge is 0.338 e. The lowest BCUT2D eigenvalue weighted by molar-refractivity contribution is -0.133. The molecule has 0 aromatic carbocycles. The topological polar surface area (TPSA) is 23.6 Å². The maximum atomic E-state index is 12.6. The SMILES string of the molecule is C=CC1=C(C=C)CN(C(=O)C[C@@H]2CN3CCC2CC3)CC1. The fourth-order valence-electron chi connectivity index (χ4n) is 4.12. The van der Waals surface area contributed by atoms with Crippen molar-refractivity contribution in [3.8, 4) is 0 Å². The van der Waals surface area contributed by atoms with Crippen LogP contribution in [0.2, 0.25) is 0 Å². The Bertz CT molecular complexity index is 472. The molecule has 0 saturated carbocycles. The van der Waals surface area contributed by atoms with Crippen LogP contribution in [0.25, 0.3) is 0 Å². The van der Waals surface area contributed by atoms with Crippen LogP contribution in [0.4, 0.5) is 0 Å². The first-order valence-corrected chi connectivity index (χ1v) is 8.18. The quantitative estimate of drug-likeness (QED) is 0.793. The van der Waals surface area contributed by atoms with Crippen LogP contribution >= 0.6 is 0 Å². The summed E-state index contributed by atoms with van der Waals surface area (Å²) < 4.78 is 0. The number of allylic oxidation sites excluding steroid dienone is 1. The highest BCUT2D eigenvalue weighted by atomic mass is 16.2. The summed E-state index contributed by atoms with van der Waals surface area (Å²) in [5.74, 6) is 1.69. The zero-order valence-electron chi connectivity index (χ0n) is 12.9. The third kappa shape index (κ3) is 2.98. The van der Waals surface area contributed by atoms with Crippen LogP contribution in [-0.4, -0.2) is 48.4 Å². The molecule has 0 aromatic heterocycles. The van der Waals surface area contributed by atoms with Crippen LogP contribution in [-0.2, 0) is 4.79 Å². The maximum Gasteiger partial charge on any atom is 0.223 e. The van der Waals surface area contributed by atoms with E-state index in [4.69, 9.17) is 0 Å². The molecule has 21 heavy (non-hydrogen) atoms. The molecular formula is C18H26N2O. The summed E-state index contributed by atoms with van der Waals surface area (Å²) >= 11 is 0. The molecule has 3 heteroatoms. The van der Waals surface area contributed by atoms with Crippen molar-refractivity contribution in [1.82, 2.24) is 9.80 Å². The molecule has 4 rings (SSSR count). The van der Waals surface area contributed by atoms with Gasteiger partial charge in [-0.1, -0.05) is 25.3 Å². The van der Waals surface area contributed by atoms with Crippen LogP contribution in [0.15, 0.2) is 36.5 Å². The van der Waals surface area contributed by atoms with Gasteiger partial charge in [-0.3, -0.25) is 4.79 Å². The van der Waals surface area contributed by atoms with E-state index in [-0.39, 0.29) is 0 Å². The number of hydrogen-bond acceptors (Lipinski definition) is 2. The molecule has 4 heterocycles. The maximum absolute atomic E-state index is 12.6. The molecule has 3 nitrogen and oxygen atoms in total. The molecule has 0 spiro atoms. The van der Waals surface area contributed by atoms with Crippen molar-refractivity contribution in [2.45, 2.75) is 25.7 Å². The van der Waals surface area contributed by atoms with Crippen molar-refractivity contribution in [3.05, 3.63) is 36.5 Å². The van der Waals surface area contributed by atoms with E-state index in [1.54, 1.807) is 0 Å². The monoisotopic (exact) mass is 286 g/mol. The lowest BCUT2D eigenvalue weighted by atomic mass is 9.77. The molecule has 3 fully saturated rings. The van der Waals surface area contributed by atoms with E-state index in [0.717, 1.165) is 31.8 Å². The third-order valence-electron chi connectivity index (χ3n) is 5.50. The summed E-state index contributed by atoms with van der Waals surface area (Å²) in [5.41, 5.74) is 2.41. The number of carbonyl (C=O) groups excluding carboxylic acids is 1. The molecule has 4 aliphatic rings. The molecule has 0 radical (unpaired) electrons.